The molecule has 7 nitrogen and oxygen atoms in total. The van der Waals surface area contributed by atoms with E-state index in [2.05, 4.69) is 10.4 Å². The molecule has 0 aliphatic carbocycles. The zero-order valence-electron chi connectivity index (χ0n) is 17.7. The van der Waals surface area contributed by atoms with E-state index in [1.54, 1.807) is 35.0 Å². The summed E-state index contributed by atoms with van der Waals surface area (Å²) in [5.41, 5.74) is 5.94. The van der Waals surface area contributed by atoms with Gasteiger partial charge in [0.05, 0.1) is 28.3 Å². The third-order valence-corrected chi connectivity index (χ3v) is 5.90. The molecule has 0 fully saturated rings. The third-order valence-electron chi connectivity index (χ3n) is 5.19. The van der Waals surface area contributed by atoms with E-state index in [-0.39, 0.29) is 5.91 Å². The predicted octanol–water partition coefficient (Wildman–Crippen LogP) is 3.52. The molecule has 3 rings (SSSR count). The molecule has 30 heavy (non-hydrogen) atoms. The van der Waals surface area contributed by atoms with Gasteiger partial charge in [0.1, 0.15) is 0 Å². The van der Waals surface area contributed by atoms with Crippen LogP contribution in [0.4, 0.5) is 11.4 Å². The highest BCUT2D eigenvalue weighted by Crippen LogP contribution is 2.31. The van der Waals surface area contributed by atoms with Crippen molar-refractivity contribution in [3.8, 4) is 0 Å². The van der Waals surface area contributed by atoms with Gasteiger partial charge in [-0.05, 0) is 57.5 Å². The van der Waals surface area contributed by atoms with Gasteiger partial charge in [0.15, 0.2) is 0 Å². The van der Waals surface area contributed by atoms with Crippen LogP contribution in [-0.2, 0) is 24.9 Å². The lowest BCUT2D eigenvalue weighted by Gasteiger charge is -2.28. The molecule has 8 heteroatoms. The molecule has 0 aliphatic rings. The van der Waals surface area contributed by atoms with E-state index in [9.17, 15) is 13.6 Å². The summed E-state index contributed by atoms with van der Waals surface area (Å²) in [5.74, 6) is -0.278. The van der Waals surface area contributed by atoms with Gasteiger partial charge in [-0.1, -0.05) is 23.8 Å². The van der Waals surface area contributed by atoms with Gasteiger partial charge < -0.3 is 9.87 Å². The molecule has 0 spiro atoms. The van der Waals surface area contributed by atoms with Crippen LogP contribution in [0.3, 0.4) is 0 Å². The van der Waals surface area contributed by atoms with Gasteiger partial charge in [-0.2, -0.15) is 5.10 Å². The summed E-state index contributed by atoms with van der Waals surface area (Å²) in [5, 5.41) is 7.27. The first kappa shape index (κ1) is 21.7. The van der Waals surface area contributed by atoms with E-state index >= 15 is 0 Å². The highest BCUT2D eigenvalue weighted by molar-refractivity contribution is 7.81. The molecular weight excluding hydrogens is 400 g/mol. The number of benzene rings is 2. The molecule has 0 aliphatic heterocycles. The van der Waals surface area contributed by atoms with Gasteiger partial charge >= 0.3 is 0 Å². The van der Waals surface area contributed by atoms with Crippen molar-refractivity contribution in [1.82, 2.24) is 15.1 Å². The summed E-state index contributed by atoms with van der Waals surface area (Å²) in [6.07, 6.45) is 0. The standard InChI is InChI=1S/C22H26N4O3S/c1-14-6-10-19(11-7-14)26(30(28)29)21-12-18(9-8-15(21)2)22(27)23-13-20-16(3)24-25(5)17(20)4/h6-12H,13H2,1-5H3,(H,23,27)(H,28,29)/p-1. The highest BCUT2D eigenvalue weighted by atomic mass is 32.2. The fraction of sp³-hybridized carbons (Fsp3) is 0.273. The van der Waals surface area contributed by atoms with Crippen molar-refractivity contribution < 1.29 is 13.6 Å². The molecule has 1 heterocycles. The number of amides is 1. The summed E-state index contributed by atoms with van der Waals surface area (Å²) < 4.78 is 27.0. The largest absolute Gasteiger partial charge is 0.755 e. The average molecular weight is 426 g/mol. The summed E-state index contributed by atoms with van der Waals surface area (Å²) in [6, 6.07) is 12.2. The minimum absolute atomic E-state index is 0.278. The van der Waals surface area contributed by atoms with Crippen molar-refractivity contribution in [2.75, 3.05) is 4.31 Å². The van der Waals surface area contributed by atoms with Gasteiger partial charge in [0, 0.05) is 30.4 Å². The summed E-state index contributed by atoms with van der Waals surface area (Å²) in [6.45, 7) is 7.95. The first-order valence-electron chi connectivity index (χ1n) is 9.53. The minimum Gasteiger partial charge on any atom is -0.755 e. The van der Waals surface area contributed by atoms with Gasteiger partial charge in [-0.25, -0.2) is 0 Å². The van der Waals surface area contributed by atoms with Crippen LogP contribution in [0.2, 0.25) is 0 Å². The predicted molar refractivity (Wildman–Crippen MR) is 117 cm³/mol. The number of carbonyl (C=O) groups is 1. The maximum absolute atomic E-state index is 12.8. The van der Waals surface area contributed by atoms with Gasteiger partial charge in [0.25, 0.3) is 5.91 Å². The van der Waals surface area contributed by atoms with Crippen molar-refractivity contribution in [3.05, 3.63) is 76.1 Å². The van der Waals surface area contributed by atoms with Crippen molar-refractivity contribution in [2.24, 2.45) is 7.05 Å². The van der Waals surface area contributed by atoms with Crippen molar-refractivity contribution in [2.45, 2.75) is 34.2 Å². The van der Waals surface area contributed by atoms with Gasteiger partial charge in [-0.3, -0.25) is 18.0 Å². The van der Waals surface area contributed by atoms with Crippen LogP contribution >= 0.6 is 0 Å². The normalized spacial score (nSPS) is 11.9. The van der Waals surface area contributed by atoms with Crippen LogP contribution in [0.25, 0.3) is 0 Å². The number of aryl methyl sites for hydroxylation is 4. The Balaban J connectivity index is 1.88. The molecule has 1 amide bonds. The van der Waals surface area contributed by atoms with Crippen LogP contribution in [-0.4, -0.2) is 24.4 Å². The zero-order valence-corrected chi connectivity index (χ0v) is 18.5. The Hall–Kier alpha value is -2.97. The molecule has 3 aromatic rings. The SMILES string of the molecule is Cc1ccc(N(c2cc(C(=O)NCc3c(C)nn(C)c3C)ccc2C)S(=O)[O-])cc1. The van der Waals surface area contributed by atoms with Crippen LogP contribution in [0.5, 0.6) is 0 Å². The van der Waals surface area contributed by atoms with E-state index < -0.39 is 11.3 Å². The van der Waals surface area contributed by atoms with E-state index in [0.29, 0.717) is 23.5 Å². The molecule has 0 saturated heterocycles. The number of rotatable bonds is 6. The van der Waals surface area contributed by atoms with Crippen LogP contribution in [0.15, 0.2) is 42.5 Å². The van der Waals surface area contributed by atoms with E-state index in [1.807, 2.05) is 46.9 Å². The molecule has 2 aromatic carbocycles. The first-order chi connectivity index (χ1) is 14.2. The molecule has 1 atom stereocenters. The van der Waals surface area contributed by atoms with Crippen LogP contribution < -0.4 is 9.62 Å². The van der Waals surface area contributed by atoms with E-state index in [1.165, 1.54) is 4.31 Å². The topological polar surface area (TPSA) is 90.3 Å². The fourth-order valence-corrected chi connectivity index (χ4v) is 3.95. The molecule has 1 aromatic heterocycles. The number of aromatic nitrogens is 2. The maximum Gasteiger partial charge on any atom is 0.251 e. The molecule has 0 bridgehead atoms. The minimum atomic E-state index is -2.54. The average Bonchev–Trinajstić information content (AvgIpc) is 2.94. The second-order valence-corrected chi connectivity index (χ2v) is 8.10. The summed E-state index contributed by atoms with van der Waals surface area (Å²) >= 11 is -2.54. The number of hydrogen-bond donors (Lipinski definition) is 1. The lowest BCUT2D eigenvalue weighted by molar-refractivity contribution is 0.0951. The van der Waals surface area contributed by atoms with Crippen LogP contribution in [0.1, 0.15) is 38.4 Å². The Morgan fingerprint density at radius 2 is 1.80 bits per heavy atom. The lowest BCUT2D eigenvalue weighted by Crippen LogP contribution is -2.25. The molecular formula is C22H25N4O3S-. The molecule has 1 unspecified atom stereocenters. The third kappa shape index (κ3) is 4.44. The summed E-state index contributed by atoms with van der Waals surface area (Å²) in [7, 11) is 1.86. The Morgan fingerprint density at radius 1 is 1.13 bits per heavy atom. The number of hydrogen-bond acceptors (Lipinski definition) is 4. The van der Waals surface area contributed by atoms with Gasteiger partial charge in [0.2, 0.25) is 0 Å². The number of nitrogens with one attached hydrogen (secondary N) is 1. The smallest absolute Gasteiger partial charge is 0.251 e. The highest BCUT2D eigenvalue weighted by Gasteiger charge is 2.17. The lowest BCUT2D eigenvalue weighted by atomic mass is 10.1. The fourth-order valence-electron chi connectivity index (χ4n) is 3.30. The second kappa shape index (κ2) is 8.81. The Morgan fingerprint density at radius 3 is 2.37 bits per heavy atom. The molecule has 1 N–H and O–H groups in total. The van der Waals surface area contributed by atoms with Gasteiger partial charge in [-0.15, -0.1) is 0 Å². The molecule has 158 valence electrons. The quantitative estimate of drug-likeness (QED) is 0.612. The Kier molecular flexibility index (Phi) is 6.38. The first-order valence-corrected chi connectivity index (χ1v) is 10.6. The maximum atomic E-state index is 12.8. The molecule has 0 radical (unpaired) electrons. The number of anilines is 2. The number of nitrogens with zero attached hydrogens (tertiary/aromatic N) is 3. The van der Waals surface area contributed by atoms with E-state index in [0.717, 1.165) is 28.1 Å². The van der Waals surface area contributed by atoms with Crippen molar-refractivity contribution >= 4 is 28.5 Å². The van der Waals surface area contributed by atoms with Crippen molar-refractivity contribution in [3.63, 3.8) is 0 Å². The summed E-state index contributed by atoms with van der Waals surface area (Å²) in [4.78, 5) is 12.8. The zero-order chi connectivity index (χ0) is 22.0. The Bertz CT molecular complexity index is 1110. The molecule has 0 saturated carbocycles. The van der Waals surface area contributed by atoms with E-state index in [4.69, 9.17) is 0 Å². The Labute approximate surface area is 179 Å². The number of carbonyl (C=O) groups excluding carboxylic acids is 1. The van der Waals surface area contributed by atoms with Crippen molar-refractivity contribution in [1.29, 1.82) is 0 Å². The van der Waals surface area contributed by atoms with Crippen LogP contribution in [0, 0.1) is 27.7 Å². The second-order valence-electron chi connectivity index (χ2n) is 7.30. The monoisotopic (exact) mass is 425 g/mol.